The Morgan fingerprint density at radius 3 is 2.60 bits per heavy atom. The normalized spacial score (nSPS) is 11.8. The first-order chi connectivity index (χ1) is 9.27. The molecule has 0 radical (unpaired) electrons. The van der Waals surface area contributed by atoms with Crippen molar-refractivity contribution in [1.29, 1.82) is 0 Å². The maximum absolute atomic E-state index is 12.0. The molecule has 112 valence electrons. The Balaban J connectivity index is 2.88. The molecule has 0 unspecified atom stereocenters. The number of nitrogens with one attached hydrogen (secondary N) is 1. The standard InChI is InChI=1S/C12H18N2O5S/c1-3-14(2)7-6-13-20(18,19)9-4-5-11(15)10(8-9)12(16)17/h4-5,8,13,15H,3,6-7H2,1-2H3,(H,16,17). The number of hydrogen-bond acceptors (Lipinski definition) is 5. The molecule has 0 aliphatic heterocycles. The van der Waals surface area contributed by atoms with Crippen molar-refractivity contribution in [1.82, 2.24) is 9.62 Å². The first kappa shape index (κ1) is 16.4. The number of carboxylic acid groups (broad SMARTS) is 1. The number of sulfonamides is 1. The van der Waals surface area contributed by atoms with Crippen LogP contribution in [0.4, 0.5) is 0 Å². The van der Waals surface area contributed by atoms with Gasteiger partial charge in [-0.25, -0.2) is 17.9 Å². The molecule has 3 N–H and O–H groups in total. The van der Waals surface area contributed by atoms with Crippen molar-refractivity contribution < 1.29 is 23.4 Å². The molecule has 0 spiro atoms. The summed E-state index contributed by atoms with van der Waals surface area (Å²) in [4.78, 5) is 12.6. The summed E-state index contributed by atoms with van der Waals surface area (Å²) in [6, 6.07) is 3.15. The summed E-state index contributed by atoms with van der Waals surface area (Å²) < 4.78 is 26.3. The van der Waals surface area contributed by atoms with Gasteiger partial charge in [0.2, 0.25) is 10.0 Å². The van der Waals surface area contributed by atoms with Crippen LogP contribution in [0.5, 0.6) is 5.75 Å². The van der Waals surface area contributed by atoms with Crippen molar-refractivity contribution >= 4 is 16.0 Å². The molecule has 20 heavy (non-hydrogen) atoms. The van der Waals surface area contributed by atoms with Crippen molar-refractivity contribution in [2.24, 2.45) is 0 Å². The van der Waals surface area contributed by atoms with Gasteiger partial charge in [-0.1, -0.05) is 6.92 Å². The molecule has 1 aromatic rings. The molecule has 1 rings (SSSR count). The number of likely N-dealkylation sites (N-methyl/N-ethyl adjacent to an activating group) is 1. The van der Waals surface area contributed by atoms with Crippen LogP contribution in [-0.4, -0.2) is 56.2 Å². The van der Waals surface area contributed by atoms with Gasteiger partial charge >= 0.3 is 5.97 Å². The van der Waals surface area contributed by atoms with Gasteiger partial charge in [-0.05, 0) is 31.8 Å². The molecule has 0 aliphatic rings. The number of nitrogens with zero attached hydrogens (tertiary/aromatic N) is 1. The molecule has 0 fully saturated rings. The van der Waals surface area contributed by atoms with Crippen LogP contribution in [0.1, 0.15) is 17.3 Å². The second kappa shape index (κ2) is 6.69. The van der Waals surface area contributed by atoms with Crippen LogP contribution in [0.25, 0.3) is 0 Å². The third-order valence-corrected chi connectivity index (χ3v) is 4.29. The molecular weight excluding hydrogens is 284 g/mol. The van der Waals surface area contributed by atoms with Gasteiger partial charge in [0.25, 0.3) is 0 Å². The predicted molar refractivity (Wildman–Crippen MR) is 73.4 cm³/mol. The van der Waals surface area contributed by atoms with Crippen LogP contribution in [0.3, 0.4) is 0 Å². The Kier molecular flexibility index (Phi) is 5.49. The van der Waals surface area contributed by atoms with E-state index >= 15 is 0 Å². The van der Waals surface area contributed by atoms with E-state index in [9.17, 15) is 18.3 Å². The lowest BCUT2D eigenvalue weighted by Gasteiger charge is -2.14. The Morgan fingerprint density at radius 1 is 1.40 bits per heavy atom. The molecule has 0 amide bonds. The second-order valence-corrected chi connectivity index (χ2v) is 6.04. The number of hydrogen-bond donors (Lipinski definition) is 3. The van der Waals surface area contributed by atoms with Crippen molar-refractivity contribution in [3.63, 3.8) is 0 Å². The quantitative estimate of drug-likeness (QED) is 0.669. The Labute approximate surface area is 117 Å². The van der Waals surface area contributed by atoms with Crippen LogP contribution in [0.15, 0.2) is 23.1 Å². The lowest BCUT2D eigenvalue weighted by Crippen LogP contribution is -2.33. The summed E-state index contributed by atoms with van der Waals surface area (Å²) in [5.41, 5.74) is -0.446. The monoisotopic (exact) mass is 302 g/mol. The van der Waals surface area contributed by atoms with Crippen LogP contribution < -0.4 is 4.72 Å². The molecule has 7 nitrogen and oxygen atoms in total. The van der Waals surface area contributed by atoms with Gasteiger partial charge in [0.1, 0.15) is 11.3 Å². The lowest BCUT2D eigenvalue weighted by atomic mass is 10.2. The molecule has 0 aliphatic carbocycles. The van der Waals surface area contributed by atoms with Gasteiger partial charge in [0, 0.05) is 13.1 Å². The SMILES string of the molecule is CCN(C)CCNS(=O)(=O)c1ccc(O)c(C(=O)O)c1. The van der Waals surface area contributed by atoms with E-state index in [-0.39, 0.29) is 11.4 Å². The third-order valence-electron chi connectivity index (χ3n) is 2.83. The van der Waals surface area contributed by atoms with E-state index in [4.69, 9.17) is 5.11 Å². The maximum Gasteiger partial charge on any atom is 0.339 e. The lowest BCUT2D eigenvalue weighted by molar-refractivity contribution is 0.0693. The van der Waals surface area contributed by atoms with Crippen LogP contribution in [0.2, 0.25) is 0 Å². The first-order valence-corrected chi connectivity index (χ1v) is 7.50. The van der Waals surface area contributed by atoms with E-state index in [1.165, 1.54) is 0 Å². The van der Waals surface area contributed by atoms with Crippen molar-refractivity contribution in [3.8, 4) is 5.75 Å². The molecule has 1 aromatic carbocycles. The fourth-order valence-electron chi connectivity index (χ4n) is 1.47. The summed E-state index contributed by atoms with van der Waals surface area (Å²) in [5.74, 6) is -1.85. The Bertz CT molecular complexity index is 586. The molecule has 0 bridgehead atoms. The number of aromatic hydroxyl groups is 1. The van der Waals surface area contributed by atoms with Gasteiger partial charge in [-0.2, -0.15) is 0 Å². The number of rotatable bonds is 7. The van der Waals surface area contributed by atoms with E-state index in [2.05, 4.69) is 4.72 Å². The number of carboxylic acids is 1. The number of benzene rings is 1. The van der Waals surface area contributed by atoms with E-state index in [1.807, 2.05) is 18.9 Å². The van der Waals surface area contributed by atoms with Crippen molar-refractivity contribution in [2.75, 3.05) is 26.7 Å². The zero-order chi connectivity index (χ0) is 15.3. The highest BCUT2D eigenvalue weighted by Crippen LogP contribution is 2.21. The minimum absolute atomic E-state index is 0.188. The molecule has 0 atom stereocenters. The average molecular weight is 302 g/mol. The number of aromatic carboxylic acids is 1. The van der Waals surface area contributed by atoms with Crippen LogP contribution in [-0.2, 0) is 10.0 Å². The topological polar surface area (TPSA) is 107 Å². The van der Waals surface area contributed by atoms with Gasteiger partial charge < -0.3 is 15.1 Å². The summed E-state index contributed by atoms with van der Waals surface area (Å²) in [6.07, 6.45) is 0. The highest BCUT2D eigenvalue weighted by Gasteiger charge is 2.18. The Hall–Kier alpha value is -1.64. The highest BCUT2D eigenvalue weighted by molar-refractivity contribution is 7.89. The predicted octanol–water partition coefficient (Wildman–Crippen LogP) is 0.320. The van der Waals surface area contributed by atoms with Gasteiger partial charge in [-0.3, -0.25) is 0 Å². The minimum Gasteiger partial charge on any atom is -0.507 e. The second-order valence-electron chi connectivity index (χ2n) is 4.28. The Morgan fingerprint density at radius 2 is 2.05 bits per heavy atom. The minimum atomic E-state index is -3.79. The molecule has 8 heteroatoms. The van der Waals surface area contributed by atoms with Gasteiger partial charge in [0.15, 0.2) is 0 Å². The van der Waals surface area contributed by atoms with E-state index in [1.54, 1.807) is 0 Å². The highest BCUT2D eigenvalue weighted by atomic mass is 32.2. The summed E-state index contributed by atoms with van der Waals surface area (Å²) in [7, 11) is -1.93. The fraction of sp³-hybridized carbons (Fsp3) is 0.417. The number of phenols is 1. The summed E-state index contributed by atoms with van der Waals surface area (Å²) >= 11 is 0. The summed E-state index contributed by atoms with van der Waals surface area (Å²) in [5, 5.41) is 18.2. The molecule has 0 saturated carbocycles. The first-order valence-electron chi connectivity index (χ1n) is 6.02. The van der Waals surface area contributed by atoms with Crippen molar-refractivity contribution in [2.45, 2.75) is 11.8 Å². The van der Waals surface area contributed by atoms with Crippen molar-refractivity contribution in [3.05, 3.63) is 23.8 Å². The average Bonchev–Trinajstić information content (AvgIpc) is 2.38. The van der Waals surface area contributed by atoms with E-state index in [0.29, 0.717) is 6.54 Å². The maximum atomic E-state index is 12.0. The molecule has 0 heterocycles. The van der Waals surface area contributed by atoms with E-state index < -0.39 is 27.3 Å². The molecular formula is C12H18N2O5S. The van der Waals surface area contributed by atoms with Crippen LogP contribution >= 0.6 is 0 Å². The largest absolute Gasteiger partial charge is 0.507 e. The molecule has 0 saturated heterocycles. The third kappa shape index (κ3) is 4.19. The smallest absolute Gasteiger partial charge is 0.339 e. The zero-order valence-electron chi connectivity index (χ0n) is 11.3. The van der Waals surface area contributed by atoms with Gasteiger partial charge in [-0.15, -0.1) is 0 Å². The zero-order valence-corrected chi connectivity index (χ0v) is 12.1. The molecule has 0 aromatic heterocycles. The number of carbonyl (C=O) groups is 1. The summed E-state index contributed by atoms with van der Waals surface area (Å²) in [6.45, 7) is 3.51. The van der Waals surface area contributed by atoms with Gasteiger partial charge in [0.05, 0.1) is 4.90 Å². The van der Waals surface area contributed by atoms with Crippen LogP contribution in [0, 0.1) is 0 Å². The fourth-order valence-corrected chi connectivity index (χ4v) is 2.51. The van der Waals surface area contributed by atoms with E-state index in [0.717, 1.165) is 24.7 Å².